The summed E-state index contributed by atoms with van der Waals surface area (Å²) < 4.78 is 0. The molecule has 9 heavy (non-hydrogen) atoms. The van der Waals surface area contributed by atoms with E-state index in [2.05, 4.69) is 27.8 Å². The Morgan fingerprint density at radius 2 is 2.44 bits per heavy atom. The number of hydrogen-bond acceptors (Lipinski definition) is 5. The predicted octanol–water partition coefficient (Wildman–Crippen LogP) is 0.446. The third kappa shape index (κ3) is 1.49. The van der Waals surface area contributed by atoms with Crippen LogP contribution in [0.3, 0.4) is 0 Å². The minimum absolute atomic E-state index is 0.0276. The Balaban J connectivity index is 2.53. The highest BCUT2D eigenvalue weighted by Crippen LogP contribution is 2.25. The van der Waals surface area contributed by atoms with Gasteiger partial charge in [-0.05, 0) is 0 Å². The minimum atomic E-state index is -0.783. The van der Waals surface area contributed by atoms with Crippen molar-refractivity contribution in [1.82, 2.24) is 0 Å². The number of nitrogens with zero attached hydrogens (tertiary/aromatic N) is 3. The number of rotatable bonds is 2. The first kappa shape index (κ1) is 6.70. The summed E-state index contributed by atoms with van der Waals surface area (Å²) in [6, 6.07) is 0. The van der Waals surface area contributed by atoms with Crippen LogP contribution in [0.25, 0.3) is 0 Å². The van der Waals surface area contributed by atoms with Gasteiger partial charge in [0, 0.05) is 13.0 Å². The van der Waals surface area contributed by atoms with Gasteiger partial charge in [0.05, 0.1) is 0 Å². The molecule has 0 bridgehead atoms. The lowest BCUT2D eigenvalue weighted by atomic mass is 10.4. The summed E-state index contributed by atoms with van der Waals surface area (Å²) in [5.74, 6) is 0. The summed E-state index contributed by atoms with van der Waals surface area (Å²) in [4.78, 5) is 3.02. The predicted molar refractivity (Wildman–Crippen MR) is 36.8 cm³/mol. The van der Waals surface area contributed by atoms with Gasteiger partial charge in [-0.25, -0.2) is 4.99 Å². The second-order valence-corrected chi connectivity index (χ2v) is 2.42. The van der Waals surface area contributed by atoms with Gasteiger partial charge < -0.3 is 5.11 Å². The van der Waals surface area contributed by atoms with E-state index in [4.69, 9.17) is 5.11 Å². The largest absolute Gasteiger partial charge is 0.396 e. The summed E-state index contributed by atoms with van der Waals surface area (Å²) in [7, 11) is 0. The van der Waals surface area contributed by atoms with E-state index in [0.717, 1.165) is 0 Å². The summed E-state index contributed by atoms with van der Waals surface area (Å²) in [6.45, 7) is 0.0276. The number of aliphatic hydroxyl groups excluding tert-OH is 1. The summed E-state index contributed by atoms with van der Waals surface area (Å²) in [5.41, 5.74) is 0. The molecule has 0 aromatic rings. The van der Waals surface area contributed by atoms with Crippen molar-refractivity contribution in [3.8, 4) is 0 Å². The average Bonchev–Trinajstić information content (AvgIpc) is 2.16. The molecule has 50 valence electrons. The van der Waals surface area contributed by atoms with Gasteiger partial charge in [-0.3, -0.25) is 0 Å². The van der Waals surface area contributed by atoms with Gasteiger partial charge in [0.1, 0.15) is 6.34 Å². The monoisotopic (exact) mass is 145 g/mol. The van der Waals surface area contributed by atoms with Crippen LogP contribution in [0.1, 0.15) is 6.42 Å². The van der Waals surface area contributed by atoms with Crippen LogP contribution in [-0.4, -0.2) is 23.0 Å². The van der Waals surface area contributed by atoms with Crippen molar-refractivity contribution in [1.29, 1.82) is 0 Å². The molecule has 1 heterocycles. The molecule has 4 nitrogen and oxygen atoms in total. The van der Waals surface area contributed by atoms with Gasteiger partial charge in [0.2, 0.25) is 4.99 Å². The van der Waals surface area contributed by atoms with Crippen molar-refractivity contribution in [2.75, 3.05) is 6.61 Å². The van der Waals surface area contributed by atoms with Crippen LogP contribution in [0, 0.1) is 0 Å². The Morgan fingerprint density at radius 3 is 2.89 bits per heavy atom. The zero-order chi connectivity index (χ0) is 6.74. The van der Waals surface area contributed by atoms with E-state index in [9.17, 15) is 0 Å². The Kier molecular flexibility index (Phi) is 1.82. The number of aliphatic imine (C=N–C) groups is 1. The van der Waals surface area contributed by atoms with Crippen LogP contribution in [-0.2, 0) is 0 Å². The first-order valence-electron chi connectivity index (χ1n) is 2.56. The molecule has 1 unspecified atom stereocenters. The summed E-state index contributed by atoms with van der Waals surface area (Å²) in [5, 5.41) is 15.6. The van der Waals surface area contributed by atoms with Gasteiger partial charge in [-0.2, -0.15) is 0 Å². The number of aliphatic hydroxyl groups is 1. The number of thiol groups is 1. The van der Waals surface area contributed by atoms with Crippen molar-refractivity contribution in [3.63, 3.8) is 0 Å². The maximum Gasteiger partial charge on any atom is 0.218 e. The molecule has 1 N–H and O–H groups in total. The fraction of sp³-hybridized carbons (Fsp3) is 0.750. The molecular formula is C4H7N3OS. The molecule has 1 aliphatic heterocycles. The molecule has 0 aromatic carbocycles. The van der Waals surface area contributed by atoms with Crippen LogP contribution in [0.15, 0.2) is 15.2 Å². The molecule has 1 rings (SSSR count). The molecule has 0 radical (unpaired) electrons. The molecule has 0 saturated carbocycles. The maximum atomic E-state index is 8.47. The third-order valence-corrected chi connectivity index (χ3v) is 1.41. The van der Waals surface area contributed by atoms with Crippen molar-refractivity contribution >= 4 is 19.0 Å². The molecule has 0 aliphatic carbocycles. The van der Waals surface area contributed by atoms with Crippen LogP contribution >= 0.6 is 12.6 Å². The lowest BCUT2D eigenvalue weighted by molar-refractivity contribution is 0.271. The van der Waals surface area contributed by atoms with Gasteiger partial charge in [-0.1, -0.05) is 0 Å². The maximum absolute atomic E-state index is 8.47. The number of hydrogen-bond donors (Lipinski definition) is 2. The van der Waals surface area contributed by atoms with Crippen LogP contribution in [0.4, 0.5) is 0 Å². The van der Waals surface area contributed by atoms with E-state index in [1.807, 2.05) is 0 Å². The number of azo groups is 1. The van der Waals surface area contributed by atoms with Crippen molar-refractivity contribution < 1.29 is 5.11 Å². The Morgan fingerprint density at radius 1 is 1.67 bits per heavy atom. The van der Waals surface area contributed by atoms with E-state index >= 15 is 0 Å². The van der Waals surface area contributed by atoms with Gasteiger partial charge in [-0.15, -0.1) is 22.9 Å². The fourth-order valence-electron chi connectivity index (χ4n) is 0.527. The quantitative estimate of drug-likeness (QED) is 0.544. The Labute approximate surface area is 58.1 Å². The minimum Gasteiger partial charge on any atom is -0.396 e. The SMILES string of the molecule is OCCC1(S)N=CN=N1. The smallest absolute Gasteiger partial charge is 0.218 e. The molecular weight excluding hydrogens is 138 g/mol. The third-order valence-electron chi connectivity index (χ3n) is 0.981. The standard InChI is InChI=1S/C4H7N3OS/c8-2-1-4(9)5-3-6-7-4/h3,8-9H,1-2H2. The lowest BCUT2D eigenvalue weighted by Crippen LogP contribution is -2.13. The normalized spacial score (nSPS) is 31.8. The molecule has 0 aromatic heterocycles. The van der Waals surface area contributed by atoms with Crippen molar-refractivity contribution in [2.24, 2.45) is 15.2 Å². The zero-order valence-corrected chi connectivity index (χ0v) is 5.62. The lowest BCUT2D eigenvalue weighted by Gasteiger charge is -2.10. The van der Waals surface area contributed by atoms with E-state index in [-0.39, 0.29) is 6.61 Å². The highest BCUT2D eigenvalue weighted by atomic mass is 32.1. The van der Waals surface area contributed by atoms with E-state index < -0.39 is 4.99 Å². The molecule has 0 spiro atoms. The van der Waals surface area contributed by atoms with E-state index in [1.54, 1.807) is 0 Å². The molecule has 0 amide bonds. The molecule has 1 aliphatic rings. The van der Waals surface area contributed by atoms with Gasteiger partial charge in [0.25, 0.3) is 0 Å². The second-order valence-electron chi connectivity index (χ2n) is 1.71. The van der Waals surface area contributed by atoms with Crippen molar-refractivity contribution in [2.45, 2.75) is 11.4 Å². The second kappa shape index (κ2) is 2.45. The highest BCUT2D eigenvalue weighted by molar-refractivity contribution is 7.81. The van der Waals surface area contributed by atoms with E-state index in [1.165, 1.54) is 6.34 Å². The first-order chi connectivity index (χ1) is 4.27. The molecule has 0 fully saturated rings. The molecule has 1 atom stereocenters. The summed E-state index contributed by atoms with van der Waals surface area (Å²) >= 11 is 4.04. The molecule has 5 heteroatoms. The topological polar surface area (TPSA) is 57.3 Å². The Bertz CT molecular complexity index is 144. The fourth-order valence-corrected chi connectivity index (χ4v) is 0.730. The Hall–Kier alpha value is -0.420. The van der Waals surface area contributed by atoms with Gasteiger partial charge >= 0.3 is 0 Å². The molecule has 0 saturated heterocycles. The summed E-state index contributed by atoms with van der Waals surface area (Å²) in [6.07, 6.45) is 1.75. The highest BCUT2D eigenvalue weighted by Gasteiger charge is 2.24. The van der Waals surface area contributed by atoms with Crippen LogP contribution in [0.5, 0.6) is 0 Å². The van der Waals surface area contributed by atoms with Crippen LogP contribution < -0.4 is 0 Å². The van der Waals surface area contributed by atoms with Crippen LogP contribution in [0.2, 0.25) is 0 Å². The van der Waals surface area contributed by atoms with Crippen molar-refractivity contribution in [3.05, 3.63) is 0 Å². The van der Waals surface area contributed by atoms with Gasteiger partial charge in [0.15, 0.2) is 0 Å². The zero-order valence-electron chi connectivity index (χ0n) is 4.73. The van der Waals surface area contributed by atoms with E-state index in [0.29, 0.717) is 6.42 Å². The first-order valence-corrected chi connectivity index (χ1v) is 3.00. The average molecular weight is 145 g/mol.